The van der Waals surface area contributed by atoms with Gasteiger partial charge in [-0.3, -0.25) is 0 Å². The van der Waals surface area contributed by atoms with Crippen molar-refractivity contribution in [3.05, 3.63) is 10.5 Å². The second-order valence-electron chi connectivity index (χ2n) is 4.25. The molecule has 2 heteroatoms. The highest BCUT2D eigenvalue weighted by molar-refractivity contribution is 8.04. The fraction of sp³-hybridized carbons (Fsp3) is 0.818. The molecule has 0 fully saturated rings. The van der Waals surface area contributed by atoms with Crippen LogP contribution in [0.1, 0.15) is 32.6 Å². The molecule has 74 valence electrons. The first-order chi connectivity index (χ1) is 6.29. The molecule has 0 N–H and O–H groups in total. The molecule has 0 saturated carbocycles. The Kier molecular flexibility index (Phi) is 2.99. The Morgan fingerprint density at radius 3 is 3.15 bits per heavy atom. The first-order valence-corrected chi connectivity index (χ1v) is 6.23. The minimum absolute atomic E-state index is 0.918. The van der Waals surface area contributed by atoms with Gasteiger partial charge in [0.1, 0.15) is 0 Å². The van der Waals surface area contributed by atoms with E-state index in [0.29, 0.717) is 0 Å². The van der Waals surface area contributed by atoms with Crippen molar-refractivity contribution in [1.29, 1.82) is 0 Å². The number of likely N-dealkylation sites (N-methyl/N-ethyl adjacent to an activating group) is 1. The number of thioether (sulfide) groups is 1. The molecule has 0 radical (unpaired) electrons. The van der Waals surface area contributed by atoms with Crippen LogP contribution in [0.2, 0.25) is 0 Å². The summed E-state index contributed by atoms with van der Waals surface area (Å²) in [5.41, 5.74) is 1.78. The van der Waals surface area contributed by atoms with Gasteiger partial charge in [-0.25, -0.2) is 0 Å². The molecule has 0 aromatic rings. The molecule has 2 heterocycles. The van der Waals surface area contributed by atoms with Gasteiger partial charge in [0.05, 0.1) is 0 Å². The monoisotopic (exact) mass is 197 g/mol. The van der Waals surface area contributed by atoms with Crippen LogP contribution in [0.4, 0.5) is 0 Å². The fourth-order valence-electron chi connectivity index (χ4n) is 2.24. The van der Waals surface area contributed by atoms with E-state index < -0.39 is 0 Å². The van der Waals surface area contributed by atoms with Gasteiger partial charge in [0.2, 0.25) is 0 Å². The number of rotatable bonds is 2. The second-order valence-corrected chi connectivity index (χ2v) is 5.64. The zero-order chi connectivity index (χ0) is 9.26. The van der Waals surface area contributed by atoms with Crippen LogP contribution in [-0.2, 0) is 0 Å². The lowest BCUT2D eigenvalue weighted by atomic mass is 10.0. The van der Waals surface area contributed by atoms with Gasteiger partial charge in [0.25, 0.3) is 0 Å². The molecule has 0 saturated heterocycles. The molecule has 0 spiro atoms. The summed E-state index contributed by atoms with van der Waals surface area (Å²) in [7, 11) is 2.23. The summed E-state index contributed by atoms with van der Waals surface area (Å²) in [6.07, 6.45) is 5.47. The van der Waals surface area contributed by atoms with Gasteiger partial charge in [0, 0.05) is 18.3 Å². The summed E-state index contributed by atoms with van der Waals surface area (Å²) >= 11 is 2.16. The predicted molar refractivity (Wildman–Crippen MR) is 60.0 cm³/mol. The first-order valence-electron chi connectivity index (χ1n) is 5.35. The zero-order valence-electron chi connectivity index (χ0n) is 8.68. The van der Waals surface area contributed by atoms with Crippen molar-refractivity contribution in [3.8, 4) is 0 Å². The van der Waals surface area contributed by atoms with E-state index in [9.17, 15) is 0 Å². The highest BCUT2D eigenvalue weighted by Gasteiger charge is 2.27. The van der Waals surface area contributed by atoms with Gasteiger partial charge in [-0.2, -0.15) is 0 Å². The van der Waals surface area contributed by atoms with Crippen molar-refractivity contribution >= 4 is 11.8 Å². The van der Waals surface area contributed by atoms with Crippen LogP contribution in [0.5, 0.6) is 0 Å². The van der Waals surface area contributed by atoms with Gasteiger partial charge in [-0.05, 0) is 31.2 Å². The number of nitrogens with zero attached hydrogens (tertiary/aromatic N) is 1. The van der Waals surface area contributed by atoms with Crippen molar-refractivity contribution in [3.63, 3.8) is 0 Å². The maximum absolute atomic E-state index is 2.44. The molecule has 0 aliphatic carbocycles. The van der Waals surface area contributed by atoms with Crippen molar-refractivity contribution in [2.45, 2.75) is 37.9 Å². The summed E-state index contributed by atoms with van der Waals surface area (Å²) in [5, 5.41) is 0.918. The van der Waals surface area contributed by atoms with Crippen LogP contribution in [0.15, 0.2) is 10.5 Å². The second kappa shape index (κ2) is 4.05. The Bertz CT molecular complexity index is 222. The van der Waals surface area contributed by atoms with Crippen LogP contribution in [0, 0.1) is 0 Å². The van der Waals surface area contributed by atoms with Crippen LogP contribution < -0.4 is 0 Å². The van der Waals surface area contributed by atoms with Gasteiger partial charge < -0.3 is 4.90 Å². The standard InChI is InChI=1S/C11H19NS/c1-3-4-10-7-9-5-6-12(2)8-11(9)13-10/h10H,3-8H2,1-2H3. The SMILES string of the molecule is CCCC1CC2=C(CN(C)CC2)S1. The number of hydrogen-bond acceptors (Lipinski definition) is 2. The Morgan fingerprint density at radius 1 is 1.54 bits per heavy atom. The highest BCUT2D eigenvalue weighted by atomic mass is 32.2. The lowest BCUT2D eigenvalue weighted by Gasteiger charge is -2.23. The molecule has 0 amide bonds. The fourth-order valence-corrected chi connectivity index (χ4v) is 3.93. The van der Waals surface area contributed by atoms with E-state index in [0.717, 1.165) is 5.25 Å². The van der Waals surface area contributed by atoms with E-state index in [1.807, 2.05) is 0 Å². The highest BCUT2D eigenvalue weighted by Crippen LogP contribution is 2.43. The Labute approximate surface area is 85.6 Å². The van der Waals surface area contributed by atoms with Crippen molar-refractivity contribution in [1.82, 2.24) is 4.90 Å². The summed E-state index contributed by atoms with van der Waals surface area (Å²) in [6.45, 7) is 4.79. The Balaban J connectivity index is 1.94. The normalized spacial score (nSPS) is 29.5. The van der Waals surface area contributed by atoms with E-state index in [1.165, 1.54) is 38.8 Å². The Hall–Kier alpha value is 0.0500. The van der Waals surface area contributed by atoms with Gasteiger partial charge >= 0.3 is 0 Å². The van der Waals surface area contributed by atoms with Crippen LogP contribution in [0.25, 0.3) is 0 Å². The average Bonchev–Trinajstić information content (AvgIpc) is 2.46. The lowest BCUT2D eigenvalue weighted by molar-refractivity contribution is 0.355. The molecule has 2 aliphatic rings. The van der Waals surface area contributed by atoms with Crippen LogP contribution >= 0.6 is 11.8 Å². The van der Waals surface area contributed by atoms with Gasteiger partial charge in [0.15, 0.2) is 0 Å². The molecular weight excluding hydrogens is 178 g/mol. The third kappa shape index (κ3) is 2.10. The molecule has 0 aromatic carbocycles. The number of hydrogen-bond donors (Lipinski definition) is 0. The maximum atomic E-state index is 2.44. The quantitative estimate of drug-likeness (QED) is 0.669. The first kappa shape index (κ1) is 9.60. The largest absolute Gasteiger partial charge is 0.301 e. The Morgan fingerprint density at radius 2 is 2.38 bits per heavy atom. The zero-order valence-corrected chi connectivity index (χ0v) is 9.49. The van der Waals surface area contributed by atoms with E-state index in [1.54, 1.807) is 10.5 Å². The van der Waals surface area contributed by atoms with E-state index >= 15 is 0 Å². The van der Waals surface area contributed by atoms with E-state index in [-0.39, 0.29) is 0 Å². The minimum atomic E-state index is 0.918. The lowest BCUT2D eigenvalue weighted by Crippen LogP contribution is -2.25. The molecule has 1 unspecified atom stereocenters. The topological polar surface area (TPSA) is 3.24 Å². The molecule has 1 nitrogen and oxygen atoms in total. The summed E-state index contributed by atoms with van der Waals surface area (Å²) in [5.74, 6) is 0. The summed E-state index contributed by atoms with van der Waals surface area (Å²) in [6, 6.07) is 0. The molecule has 0 bridgehead atoms. The third-order valence-corrected chi connectivity index (χ3v) is 4.43. The van der Waals surface area contributed by atoms with Crippen molar-refractivity contribution in [2.24, 2.45) is 0 Å². The minimum Gasteiger partial charge on any atom is -0.301 e. The van der Waals surface area contributed by atoms with Gasteiger partial charge in [-0.15, -0.1) is 11.8 Å². The molecule has 2 rings (SSSR count). The molecule has 13 heavy (non-hydrogen) atoms. The predicted octanol–water partition coefficient (Wildman–Crippen LogP) is 2.88. The molecule has 1 atom stereocenters. The third-order valence-electron chi connectivity index (χ3n) is 3.00. The van der Waals surface area contributed by atoms with E-state index in [4.69, 9.17) is 0 Å². The molecule has 0 aromatic heterocycles. The molecular formula is C11H19NS. The van der Waals surface area contributed by atoms with Crippen LogP contribution in [-0.4, -0.2) is 30.3 Å². The smallest absolute Gasteiger partial charge is 0.0290 e. The van der Waals surface area contributed by atoms with Crippen molar-refractivity contribution < 1.29 is 0 Å². The average molecular weight is 197 g/mol. The summed E-state index contributed by atoms with van der Waals surface area (Å²) < 4.78 is 0. The van der Waals surface area contributed by atoms with E-state index in [2.05, 4.69) is 30.6 Å². The van der Waals surface area contributed by atoms with Gasteiger partial charge in [-0.1, -0.05) is 18.9 Å². The maximum Gasteiger partial charge on any atom is 0.0290 e. The summed E-state index contributed by atoms with van der Waals surface area (Å²) in [4.78, 5) is 4.15. The van der Waals surface area contributed by atoms with Crippen molar-refractivity contribution in [2.75, 3.05) is 20.1 Å². The molecule has 2 aliphatic heterocycles. The van der Waals surface area contributed by atoms with Crippen LogP contribution in [0.3, 0.4) is 0 Å².